The Balaban J connectivity index is 1.61. The zero-order valence-electron chi connectivity index (χ0n) is 18.4. The summed E-state index contributed by atoms with van der Waals surface area (Å²) in [5.74, 6) is -0.345. The first-order valence-electron chi connectivity index (χ1n) is 10.4. The molecule has 0 aliphatic carbocycles. The first kappa shape index (κ1) is 23.2. The summed E-state index contributed by atoms with van der Waals surface area (Å²) in [5.41, 5.74) is 4.70. The molecule has 1 saturated heterocycles. The van der Waals surface area contributed by atoms with Gasteiger partial charge in [-0.15, -0.1) is 0 Å². The fourth-order valence-electron chi connectivity index (χ4n) is 3.52. The highest BCUT2D eigenvalue weighted by Gasteiger charge is 2.21. The molecular weight excluding hydrogens is 414 g/mol. The fourth-order valence-corrected chi connectivity index (χ4v) is 4.37. The maximum absolute atomic E-state index is 12.6. The van der Waals surface area contributed by atoms with Crippen molar-refractivity contribution in [1.82, 2.24) is 10.2 Å². The highest BCUT2D eigenvalue weighted by atomic mass is 32.2. The van der Waals surface area contributed by atoms with Crippen molar-refractivity contribution in [2.75, 3.05) is 43.4 Å². The molecule has 1 N–H and O–H groups in total. The Kier molecular flexibility index (Phi) is 7.69. The molecule has 0 radical (unpaired) electrons. The van der Waals surface area contributed by atoms with Crippen molar-refractivity contribution in [3.63, 3.8) is 0 Å². The van der Waals surface area contributed by atoms with Crippen LogP contribution in [0.4, 0.5) is 5.69 Å². The standard InChI is InChI=1S/C23H31N3O4S/c1-18-7-8-22(13-19(18)2)26(31(3,28)29)17-23(27)24-15-20-5-4-6-21(14-20)16-25-9-11-30-12-10-25/h4-8,13-14H,9-12,15-17H2,1-3H3,(H,24,27). The lowest BCUT2D eigenvalue weighted by molar-refractivity contribution is -0.119. The number of carbonyl (C=O) groups excluding carboxylic acids is 1. The SMILES string of the molecule is Cc1ccc(N(CC(=O)NCc2cccc(CN3CCOCC3)c2)S(C)(=O)=O)cc1C. The summed E-state index contributed by atoms with van der Waals surface area (Å²) in [4.78, 5) is 14.9. The van der Waals surface area contributed by atoms with Gasteiger partial charge in [-0.1, -0.05) is 30.3 Å². The Hall–Kier alpha value is -2.42. The van der Waals surface area contributed by atoms with Gasteiger partial charge in [0.1, 0.15) is 6.54 Å². The van der Waals surface area contributed by atoms with Gasteiger partial charge >= 0.3 is 0 Å². The number of nitrogens with one attached hydrogen (secondary N) is 1. The third kappa shape index (κ3) is 6.78. The average Bonchev–Trinajstić information content (AvgIpc) is 2.73. The molecule has 0 bridgehead atoms. The third-order valence-corrected chi connectivity index (χ3v) is 6.60. The van der Waals surface area contributed by atoms with Crippen LogP contribution in [0.15, 0.2) is 42.5 Å². The van der Waals surface area contributed by atoms with E-state index in [2.05, 4.69) is 22.3 Å². The normalized spacial score (nSPS) is 14.9. The van der Waals surface area contributed by atoms with E-state index >= 15 is 0 Å². The van der Waals surface area contributed by atoms with Gasteiger partial charge in [-0.2, -0.15) is 0 Å². The predicted molar refractivity (Wildman–Crippen MR) is 122 cm³/mol. The number of carbonyl (C=O) groups is 1. The molecule has 1 heterocycles. The van der Waals surface area contributed by atoms with Crippen molar-refractivity contribution in [2.45, 2.75) is 26.9 Å². The van der Waals surface area contributed by atoms with E-state index in [4.69, 9.17) is 4.74 Å². The van der Waals surface area contributed by atoms with E-state index in [1.54, 1.807) is 12.1 Å². The van der Waals surface area contributed by atoms with Gasteiger partial charge in [0.2, 0.25) is 15.9 Å². The van der Waals surface area contributed by atoms with Crippen molar-refractivity contribution in [3.8, 4) is 0 Å². The maximum atomic E-state index is 12.6. The van der Waals surface area contributed by atoms with Crippen LogP contribution < -0.4 is 9.62 Å². The molecule has 1 aliphatic rings. The summed E-state index contributed by atoms with van der Waals surface area (Å²) in [6, 6.07) is 13.5. The minimum atomic E-state index is -3.59. The zero-order valence-corrected chi connectivity index (χ0v) is 19.2. The van der Waals surface area contributed by atoms with Crippen LogP contribution in [-0.2, 0) is 32.6 Å². The Morgan fingerprint density at radius 2 is 1.77 bits per heavy atom. The van der Waals surface area contributed by atoms with Crippen molar-refractivity contribution in [3.05, 3.63) is 64.7 Å². The molecule has 168 valence electrons. The number of nitrogens with zero attached hydrogens (tertiary/aromatic N) is 2. The highest BCUT2D eigenvalue weighted by Crippen LogP contribution is 2.21. The fraction of sp³-hybridized carbons (Fsp3) is 0.435. The van der Waals surface area contributed by atoms with Gasteiger partial charge in [0, 0.05) is 26.2 Å². The molecule has 0 unspecified atom stereocenters. The van der Waals surface area contributed by atoms with Crippen LogP contribution in [0.1, 0.15) is 22.3 Å². The lowest BCUT2D eigenvalue weighted by Crippen LogP contribution is -2.40. The van der Waals surface area contributed by atoms with Crippen molar-refractivity contribution in [2.24, 2.45) is 0 Å². The van der Waals surface area contributed by atoms with Gasteiger partial charge in [-0.25, -0.2) is 8.42 Å². The molecular formula is C23H31N3O4S. The van der Waals surface area contributed by atoms with Crippen molar-refractivity contribution < 1.29 is 17.9 Å². The molecule has 7 nitrogen and oxygen atoms in total. The monoisotopic (exact) mass is 445 g/mol. The number of aryl methyl sites for hydroxylation is 2. The number of ether oxygens (including phenoxy) is 1. The molecule has 0 spiro atoms. The molecule has 3 rings (SSSR count). The summed E-state index contributed by atoms with van der Waals surface area (Å²) in [5, 5.41) is 2.85. The van der Waals surface area contributed by atoms with Crippen LogP contribution in [0.5, 0.6) is 0 Å². The molecule has 2 aromatic carbocycles. The Bertz CT molecular complexity index is 1020. The van der Waals surface area contributed by atoms with Gasteiger partial charge in [0.15, 0.2) is 0 Å². The summed E-state index contributed by atoms with van der Waals surface area (Å²) in [7, 11) is -3.59. The second-order valence-corrected chi connectivity index (χ2v) is 9.93. The molecule has 2 aromatic rings. The van der Waals surface area contributed by atoms with E-state index in [1.807, 2.05) is 32.0 Å². The Morgan fingerprint density at radius 1 is 1.06 bits per heavy atom. The average molecular weight is 446 g/mol. The van der Waals surface area contributed by atoms with Crippen LogP contribution in [0.3, 0.4) is 0 Å². The van der Waals surface area contributed by atoms with E-state index in [1.165, 1.54) is 5.56 Å². The van der Waals surface area contributed by atoms with Crippen LogP contribution in [0.25, 0.3) is 0 Å². The van der Waals surface area contributed by atoms with Crippen LogP contribution >= 0.6 is 0 Å². The lowest BCUT2D eigenvalue weighted by Gasteiger charge is -2.26. The Morgan fingerprint density at radius 3 is 2.45 bits per heavy atom. The van der Waals surface area contributed by atoms with Gasteiger partial charge in [-0.3, -0.25) is 14.0 Å². The lowest BCUT2D eigenvalue weighted by atomic mass is 10.1. The molecule has 1 fully saturated rings. The third-order valence-electron chi connectivity index (χ3n) is 5.46. The minimum absolute atomic E-state index is 0.255. The number of morpholine rings is 1. The predicted octanol–water partition coefficient (Wildman–Crippen LogP) is 2.22. The molecule has 0 saturated carbocycles. The number of benzene rings is 2. The maximum Gasteiger partial charge on any atom is 0.241 e. The second kappa shape index (κ2) is 10.3. The zero-order chi connectivity index (χ0) is 22.4. The molecule has 31 heavy (non-hydrogen) atoms. The van der Waals surface area contributed by atoms with E-state index in [0.717, 1.165) is 60.1 Å². The number of anilines is 1. The molecule has 1 aliphatic heterocycles. The first-order valence-corrected chi connectivity index (χ1v) is 12.3. The number of rotatable bonds is 8. The summed E-state index contributed by atoms with van der Waals surface area (Å²) >= 11 is 0. The first-order chi connectivity index (χ1) is 14.7. The van der Waals surface area contributed by atoms with Crippen LogP contribution in [0, 0.1) is 13.8 Å². The topological polar surface area (TPSA) is 79.0 Å². The molecule has 1 amide bonds. The van der Waals surface area contributed by atoms with E-state index in [0.29, 0.717) is 12.2 Å². The van der Waals surface area contributed by atoms with Crippen molar-refractivity contribution >= 4 is 21.6 Å². The van der Waals surface area contributed by atoms with Gasteiger partial charge < -0.3 is 10.1 Å². The van der Waals surface area contributed by atoms with Crippen LogP contribution in [0.2, 0.25) is 0 Å². The number of hydrogen-bond donors (Lipinski definition) is 1. The van der Waals surface area contributed by atoms with Crippen LogP contribution in [-0.4, -0.2) is 58.3 Å². The Labute approximate surface area is 185 Å². The number of sulfonamides is 1. The van der Waals surface area contributed by atoms with E-state index < -0.39 is 10.0 Å². The van der Waals surface area contributed by atoms with Gasteiger partial charge in [0.05, 0.1) is 25.2 Å². The van der Waals surface area contributed by atoms with E-state index in [-0.39, 0.29) is 12.5 Å². The number of hydrogen-bond acceptors (Lipinski definition) is 5. The summed E-state index contributed by atoms with van der Waals surface area (Å²) in [6.07, 6.45) is 1.12. The molecule has 0 aromatic heterocycles. The molecule has 0 atom stereocenters. The quantitative estimate of drug-likeness (QED) is 0.674. The largest absolute Gasteiger partial charge is 0.379 e. The smallest absolute Gasteiger partial charge is 0.241 e. The second-order valence-electron chi connectivity index (χ2n) is 8.02. The highest BCUT2D eigenvalue weighted by molar-refractivity contribution is 7.92. The van der Waals surface area contributed by atoms with E-state index in [9.17, 15) is 13.2 Å². The van der Waals surface area contributed by atoms with Gasteiger partial charge in [-0.05, 0) is 48.2 Å². The van der Waals surface area contributed by atoms with Crippen molar-refractivity contribution in [1.29, 1.82) is 0 Å². The minimum Gasteiger partial charge on any atom is -0.379 e. The summed E-state index contributed by atoms with van der Waals surface area (Å²) < 4.78 is 31.1. The summed E-state index contributed by atoms with van der Waals surface area (Å²) in [6.45, 7) is 8.17. The van der Waals surface area contributed by atoms with Gasteiger partial charge in [0.25, 0.3) is 0 Å². The molecule has 8 heteroatoms. The number of amides is 1.